The van der Waals surface area contributed by atoms with Crippen LogP contribution in [0.25, 0.3) is 11.0 Å². The molecular weight excluding hydrogens is 369 g/mol. The number of alkyl halides is 3. The molecule has 1 aromatic heterocycles. The molecule has 0 saturated heterocycles. The van der Waals surface area contributed by atoms with Crippen molar-refractivity contribution in [1.29, 1.82) is 0 Å². The summed E-state index contributed by atoms with van der Waals surface area (Å²) in [5, 5.41) is 2.89. The lowest BCUT2D eigenvalue weighted by atomic mass is 9.94. The van der Waals surface area contributed by atoms with Gasteiger partial charge in [0, 0.05) is 24.7 Å². The molecular formula is C20H19F3N4O. The number of aromatic nitrogens is 2. The first-order valence-corrected chi connectivity index (χ1v) is 8.93. The maximum atomic E-state index is 12.8. The predicted molar refractivity (Wildman–Crippen MR) is 98.8 cm³/mol. The van der Waals surface area contributed by atoms with Gasteiger partial charge in [-0.05, 0) is 42.8 Å². The van der Waals surface area contributed by atoms with E-state index >= 15 is 0 Å². The summed E-state index contributed by atoms with van der Waals surface area (Å²) in [6.07, 6.45) is -3.72. The van der Waals surface area contributed by atoms with Crippen LogP contribution < -0.4 is 5.32 Å². The van der Waals surface area contributed by atoms with E-state index in [0.717, 1.165) is 13.0 Å². The van der Waals surface area contributed by atoms with Crippen molar-refractivity contribution < 1.29 is 18.0 Å². The number of imidazole rings is 1. The van der Waals surface area contributed by atoms with Gasteiger partial charge in [-0.1, -0.05) is 24.3 Å². The summed E-state index contributed by atoms with van der Waals surface area (Å²) in [5.41, 5.74) is 3.22. The summed E-state index contributed by atoms with van der Waals surface area (Å²) in [6.45, 7) is 1.27. The fourth-order valence-electron chi connectivity index (χ4n) is 3.54. The molecule has 2 heterocycles. The fraction of sp³-hybridized carbons (Fsp3) is 0.300. The molecule has 0 unspecified atom stereocenters. The van der Waals surface area contributed by atoms with Gasteiger partial charge < -0.3 is 10.3 Å². The molecule has 0 fully saturated rings. The highest BCUT2D eigenvalue weighted by atomic mass is 19.4. The third-order valence-electron chi connectivity index (χ3n) is 5.13. The monoisotopic (exact) mass is 388 g/mol. The topological polar surface area (TPSA) is 61.0 Å². The highest BCUT2D eigenvalue weighted by Crippen LogP contribution is 2.28. The van der Waals surface area contributed by atoms with E-state index < -0.39 is 12.0 Å². The Hall–Kier alpha value is -2.87. The van der Waals surface area contributed by atoms with Gasteiger partial charge in [0.15, 0.2) is 0 Å². The van der Waals surface area contributed by atoms with Gasteiger partial charge in [0.05, 0.1) is 11.0 Å². The number of halogens is 3. The lowest BCUT2D eigenvalue weighted by Gasteiger charge is -2.34. The quantitative estimate of drug-likeness (QED) is 0.723. The number of carbonyl (C=O) groups is 1. The third-order valence-corrected chi connectivity index (χ3v) is 5.13. The Bertz CT molecular complexity index is 1030. The molecule has 1 amide bonds. The van der Waals surface area contributed by atoms with E-state index in [-0.39, 0.29) is 23.0 Å². The Kier molecular flexibility index (Phi) is 4.58. The predicted octanol–water partition coefficient (Wildman–Crippen LogP) is 3.37. The molecule has 1 aliphatic rings. The Morgan fingerprint density at radius 1 is 1.25 bits per heavy atom. The molecule has 0 bridgehead atoms. The Morgan fingerprint density at radius 3 is 2.75 bits per heavy atom. The van der Waals surface area contributed by atoms with E-state index in [4.69, 9.17) is 0 Å². The molecule has 0 radical (unpaired) electrons. The van der Waals surface area contributed by atoms with Crippen molar-refractivity contribution in [3.63, 3.8) is 0 Å². The first-order chi connectivity index (χ1) is 13.3. The van der Waals surface area contributed by atoms with Crippen LogP contribution in [0, 0.1) is 0 Å². The molecule has 1 atom stereocenters. The number of H-pyrrole nitrogens is 1. The van der Waals surface area contributed by atoms with Crippen LogP contribution in [0.5, 0.6) is 0 Å². The highest BCUT2D eigenvalue weighted by molar-refractivity contribution is 5.97. The van der Waals surface area contributed by atoms with E-state index in [9.17, 15) is 18.0 Å². The molecule has 0 spiro atoms. The Morgan fingerprint density at radius 2 is 2.00 bits per heavy atom. The Balaban J connectivity index is 1.45. The second-order valence-corrected chi connectivity index (χ2v) is 7.07. The van der Waals surface area contributed by atoms with Crippen molar-refractivity contribution in [2.75, 3.05) is 13.6 Å². The number of hydrogen-bond donors (Lipinski definition) is 2. The molecule has 1 aliphatic heterocycles. The van der Waals surface area contributed by atoms with Gasteiger partial charge in [0.1, 0.15) is 0 Å². The molecule has 0 saturated carbocycles. The average Bonchev–Trinajstić information content (AvgIpc) is 3.10. The average molecular weight is 388 g/mol. The zero-order chi connectivity index (χ0) is 19.9. The van der Waals surface area contributed by atoms with E-state index in [1.807, 2.05) is 19.2 Å². The summed E-state index contributed by atoms with van der Waals surface area (Å²) in [5.74, 6) is -1.39. The van der Waals surface area contributed by atoms with Gasteiger partial charge >= 0.3 is 6.18 Å². The fourth-order valence-corrected chi connectivity index (χ4v) is 3.54. The van der Waals surface area contributed by atoms with Crippen molar-refractivity contribution in [3.05, 3.63) is 65.0 Å². The molecule has 2 aromatic carbocycles. The number of nitrogens with one attached hydrogen (secondary N) is 2. The summed E-state index contributed by atoms with van der Waals surface area (Å²) >= 11 is 0. The molecule has 5 nitrogen and oxygen atoms in total. The minimum Gasteiger partial charge on any atom is -0.350 e. The molecule has 2 N–H and O–H groups in total. The first kappa shape index (κ1) is 18.5. The number of fused-ring (bicyclic) bond motifs is 2. The van der Waals surface area contributed by atoms with Crippen molar-refractivity contribution >= 4 is 16.9 Å². The summed E-state index contributed by atoms with van der Waals surface area (Å²) in [6, 6.07) is 12.7. The second-order valence-electron chi connectivity index (χ2n) is 7.07. The molecule has 4 rings (SSSR count). The zero-order valence-electron chi connectivity index (χ0n) is 15.2. The maximum Gasteiger partial charge on any atom is 0.449 e. The molecule has 8 heteroatoms. The van der Waals surface area contributed by atoms with Gasteiger partial charge in [-0.25, -0.2) is 4.98 Å². The number of amides is 1. The lowest BCUT2D eigenvalue weighted by Crippen LogP contribution is -2.45. The van der Waals surface area contributed by atoms with Gasteiger partial charge in [0.2, 0.25) is 5.82 Å². The number of likely N-dealkylation sites (N-methyl/N-ethyl adjacent to an activating group) is 1. The van der Waals surface area contributed by atoms with Crippen molar-refractivity contribution in [1.82, 2.24) is 20.2 Å². The van der Waals surface area contributed by atoms with Gasteiger partial charge in [0.25, 0.3) is 5.91 Å². The molecule has 28 heavy (non-hydrogen) atoms. The lowest BCUT2D eigenvalue weighted by molar-refractivity contribution is -0.144. The van der Waals surface area contributed by atoms with Crippen LogP contribution in [0.4, 0.5) is 13.2 Å². The van der Waals surface area contributed by atoms with E-state index in [2.05, 4.69) is 32.3 Å². The van der Waals surface area contributed by atoms with Crippen LogP contribution in [0.15, 0.2) is 42.5 Å². The van der Waals surface area contributed by atoms with Crippen LogP contribution in [0.3, 0.4) is 0 Å². The number of rotatable bonds is 3. The standard InChI is InChI=1S/C20H19F3N4O/c1-27-11-14-5-3-2-4-12(14)8-15(27)10-24-18(28)13-6-7-16-17(9-13)26-19(25-16)20(21,22)23/h2-7,9,15H,8,10-11H2,1H3,(H,24,28)(H,25,26)/t15-/m0/s1. The maximum absolute atomic E-state index is 12.8. The third kappa shape index (κ3) is 3.60. The van der Waals surface area contributed by atoms with Crippen LogP contribution >= 0.6 is 0 Å². The number of aromatic amines is 1. The van der Waals surface area contributed by atoms with Crippen molar-refractivity contribution in [2.24, 2.45) is 0 Å². The largest absolute Gasteiger partial charge is 0.449 e. The van der Waals surface area contributed by atoms with Crippen LogP contribution in [-0.2, 0) is 19.1 Å². The molecule has 146 valence electrons. The van der Waals surface area contributed by atoms with Crippen LogP contribution in [-0.4, -0.2) is 40.4 Å². The normalized spacial score (nSPS) is 17.5. The van der Waals surface area contributed by atoms with Crippen LogP contribution in [0.1, 0.15) is 27.3 Å². The number of benzene rings is 2. The Labute approximate surface area is 159 Å². The summed E-state index contributed by atoms with van der Waals surface area (Å²) in [7, 11) is 2.02. The van der Waals surface area contributed by atoms with Crippen LogP contribution in [0.2, 0.25) is 0 Å². The minimum atomic E-state index is -4.55. The first-order valence-electron chi connectivity index (χ1n) is 8.93. The summed E-state index contributed by atoms with van der Waals surface area (Å²) in [4.78, 5) is 20.4. The minimum absolute atomic E-state index is 0.159. The zero-order valence-corrected chi connectivity index (χ0v) is 15.2. The number of carbonyl (C=O) groups excluding carboxylic acids is 1. The molecule has 3 aromatic rings. The van der Waals surface area contributed by atoms with E-state index in [1.54, 1.807) is 0 Å². The van der Waals surface area contributed by atoms with Gasteiger partial charge in [-0.2, -0.15) is 13.2 Å². The van der Waals surface area contributed by atoms with Gasteiger partial charge in [-0.15, -0.1) is 0 Å². The number of hydrogen-bond acceptors (Lipinski definition) is 3. The smallest absolute Gasteiger partial charge is 0.350 e. The number of nitrogens with zero attached hydrogens (tertiary/aromatic N) is 2. The SMILES string of the molecule is CN1Cc2ccccc2C[C@H]1CNC(=O)c1ccc2nc(C(F)(F)F)[nH]c2c1. The second kappa shape index (κ2) is 6.94. The summed E-state index contributed by atoms with van der Waals surface area (Å²) < 4.78 is 38.3. The van der Waals surface area contributed by atoms with Crippen molar-refractivity contribution in [2.45, 2.75) is 25.2 Å². The van der Waals surface area contributed by atoms with E-state index in [0.29, 0.717) is 12.1 Å². The molecule has 0 aliphatic carbocycles. The highest BCUT2D eigenvalue weighted by Gasteiger charge is 2.34. The van der Waals surface area contributed by atoms with Crippen molar-refractivity contribution in [3.8, 4) is 0 Å². The van der Waals surface area contributed by atoms with E-state index in [1.165, 1.54) is 29.3 Å². The van der Waals surface area contributed by atoms with Gasteiger partial charge in [-0.3, -0.25) is 9.69 Å².